The largest absolute Gasteiger partial charge is 0.378 e. The molecule has 1 N–H and O–H groups in total. The Balaban J connectivity index is 1.54. The van der Waals surface area contributed by atoms with Gasteiger partial charge in [0.1, 0.15) is 6.04 Å². The number of carbonyl (C=O) groups excluding carboxylic acids is 1. The van der Waals surface area contributed by atoms with Crippen LogP contribution in [0.4, 0.5) is 5.95 Å². The summed E-state index contributed by atoms with van der Waals surface area (Å²) in [5.41, 5.74) is 2.96. The summed E-state index contributed by atoms with van der Waals surface area (Å²) in [5, 5.41) is 8.57. The van der Waals surface area contributed by atoms with Crippen LogP contribution in [0.1, 0.15) is 27.8 Å². The average molecular weight is 422 g/mol. The minimum absolute atomic E-state index is 0.182. The smallest absolute Gasteiger partial charge is 0.293 e. The molecule has 2 aliphatic rings. The topological polar surface area (TPSA) is 72.3 Å². The van der Waals surface area contributed by atoms with Gasteiger partial charge in [-0.3, -0.25) is 4.79 Å². The fraction of sp³-hybridized carbons (Fsp3) is 0.227. The van der Waals surface area contributed by atoms with Crippen LogP contribution in [-0.4, -0.2) is 51.9 Å². The van der Waals surface area contributed by atoms with Gasteiger partial charge in [-0.1, -0.05) is 54.1 Å². The maximum absolute atomic E-state index is 12.9. The maximum Gasteiger partial charge on any atom is 0.293 e. The number of morpholine rings is 1. The van der Waals surface area contributed by atoms with Crippen molar-refractivity contribution in [2.24, 2.45) is 0 Å². The minimum Gasteiger partial charge on any atom is -0.378 e. The van der Waals surface area contributed by atoms with Gasteiger partial charge in [0.05, 0.1) is 13.2 Å². The van der Waals surface area contributed by atoms with Gasteiger partial charge >= 0.3 is 0 Å². The van der Waals surface area contributed by atoms with Gasteiger partial charge in [0, 0.05) is 23.8 Å². The first kappa shape index (κ1) is 18.8. The number of ether oxygens (including phenoxy) is 1. The van der Waals surface area contributed by atoms with E-state index in [0.717, 1.165) is 16.8 Å². The molecule has 8 heteroatoms. The summed E-state index contributed by atoms with van der Waals surface area (Å²) in [6.07, 6.45) is 2.09. The molecule has 0 bridgehead atoms. The molecular formula is C22H20ClN5O2. The number of amides is 1. The quantitative estimate of drug-likeness (QED) is 0.701. The van der Waals surface area contributed by atoms with E-state index in [2.05, 4.69) is 21.5 Å². The predicted octanol–water partition coefficient (Wildman–Crippen LogP) is 3.46. The van der Waals surface area contributed by atoms with Crippen LogP contribution in [0.3, 0.4) is 0 Å². The number of hydrogen-bond acceptors (Lipinski definition) is 5. The van der Waals surface area contributed by atoms with E-state index in [4.69, 9.17) is 16.3 Å². The van der Waals surface area contributed by atoms with Gasteiger partial charge in [0.2, 0.25) is 11.8 Å². The van der Waals surface area contributed by atoms with Crippen LogP contribution >= 0.6 is 11.6 Å². The number of nitrogens with zero attached hydrogens (tertiary/aromatic N) is 4. The highest BCUT2D eigenvalue weighted by molar-refractivity contribution is 6.30. The van der Waals surface area contributed by atoms with Gasteiger partial charge in [-0.15, -0.1) is 5.10 Å². The number of halogens is 1. The first-order valence-electron chi connectivity index (χ1n) is 9.82. The van der Waals surface area contributed by atoms with E-state index in [1.807, 2.05) is 54.6 Å². The summed E-state index contributed by atoms with van der Waals surface area (Å²) < 4.78 is 7.10. The third-order valence-electron chi connectivity index (χ3n) is 5.25. The lowest BCUT2D eigenvalue weighted by Gasteiger charge is -2.25. The summed E-state index contributed by atoms with van der Waals surface area (Å²) in [4.78, 5) is 19.2. The lowest BCUT2D eigenvalue weighted by molar-refractivity contribution is 0.0294. The van der Waals surface area contributed by atoms with Crippen LogP contribution in [0.25, 0.3) is 5.70 Å². The molecule has 1 saturated heterocycles. The maximum atomic E-state index is 12.9. The lowest BCUT2D eigenvalue weighted by atomic mass is 10.0. The third kappa shape index (κ3) is 3.58. The number of fused-ring (bicyclic) bond motifs is 1. The number of rotatable bonds is 3. The molecule has 0 radical (unpaired) electrons. The van der Waals surface area contributed by atoms with E-state index in [0.29, 0.717) is 37.3 Å². The Morgan fingerprint density at radius 2 is 1.80 bits per heavy atom. The van der Waals surface area contributed by atoms with Crippen LogP contribution < -0.4 is 5.32 Å². The van der Waals surface area contributed by atoms with Crippen molar-refractivity contribution in [1.82, 2.24) is 19.7 Å². The van der Waals surface area contributed by atoms with E-state index in [9.17, 15) is 4.79 Å². The van der Waals surface area contributed by atoms with E-state index in [1.165, 1.54) is 0 Å². The third-order valence-corrected chi connectivity index (χ3v) is 5.50. The van der Waals surface area contributed by atoms with Crippen molar-refractivity contribution in [3.63, 3.8) is 0 Å². The Hall–Kier alpha value is -3.16. The standard InChI is InChI=1S/C22H20ClN5O2/c23-17-8-6-16(7-9-17)19-14-18(15-4-2-1-3-5-15)24-22-25-20(26-28(19)22)21(29)27-10-12-30-13-11-27/h1-9,14,19H,10-13H2,(H,24,25,26)/t19-/m1/s1. The van der Waals surface area contributed by atoms with Gasteiger partial charge in [0.25, 0.3) is 5.91 Å². The van der Waals surface area contributed by atoms with Crippen LogP contribution in [0.5, 0.6) is 0 Å². The second kappa shape index (κ2) is 7.93. The SMILES string of the molecule is O=C(c1nc2n(n1)[C@@H](c1ccc(Cl)cc1)C=C(c1ccccc1)N2)N1CCOCC1. The normalized spacial score (nSPS) is 18.4. The van der Waals surface area contributed by atoms with Gasteiger partial charge in [-0.2, -0.15) is 4.98 Å². The fourth-order valence-electron chi connectivity index (χ4n) is 3.68. The highest BCUT2D eigenvalue weighted by atomic mass is 35.5. The molecule has 1 fully saturated rings. The number of nitrogens with one attached hydrogen (secondary N) is 1. The number of aromatic nitrogens is 3. The highest BCUT2D eigenvalue weighted by Crippen LogP contribution is 2.33. The summed E-state index contributed by atoms with van der Waals surface area (Å²) >= 11 is 6.08. The molecular weight excluding hydrogens is 402 g/mol. The fourth-order valence-corrected chi connectivity index (χ4v) is 3.80. The molecule has 3 heterocycles. The molecule has 1 atom stereocenters. The summed E-state index contributed by atoms with van der Waals surface area (Å²) in [6.45, 7) is 2.16. The molecule has 0 aliphatic carbocycles. The van der Waals surface area contributed by atoms with Crippen LogP contribution in [0, 0.1) is 0 Å². The molecule has 2 aromatic carbocycles. The molecule has 1 amide bonds. The number of allylic oxidation sites excluding steroid dienone is 1. The molecule has 2 aliphatic heterocycles. The summed E-state index contributed by atoms with van der Waals surface area (Å²) in [5.74, 6) is 0.534. The van der Waals surface area contributed by atoms with Crippen molar-refractivity contribution in [3.8, 4) is 0 Å². The Bertz CT molecular complexity index is 1090. The van der Waals surface area contributed by atoms with Gasteiger partial charge in [0.15, 0.2) is 0 Å². The monoisotopic (exact) mass is 421 g/mol. The van der Waals surface area contributed by atoms with Crippen molar-refractivity contribution in [1.29, 1.82) is 0 Å². The molecule has 3 aromatic rings. The molecule has 0 saturated carbocycles. The van der Waals surface area contributed by atoms with Crippen molar-refractivity contribution in [2.75, 3.05) is 31.6 Å². The van der Waals surface area contributed by atoms with E-state index >= 15 is 0 Å². The zero-order valence-corrected chi connectivity index (χ0v) is 16.9. The van der Waals surface area contributed by atoms with E-state index < -0.39 is 0 Å². The first-order valence-corrected chi connectivity index (χ1v) is 10.2. The van der Waals surface area contributed by atoms with Crippen LogP contribution in [0.15, 0.2) is 60.7 Å². The number of anilines is 1. The molecule has 0 unspecified atom stereocenters. The minimum atomic E-state index is -0.215. The van der Waals surface area contributed by atoms with Gasteiger partial charge in [-0.25, -0.2) is 4.68 Å². The molecule has 1 aromatic heterocycles. The average Bonchev–Trinajstić information content (AvgIpc) is 3.24. The van der Waals surface area contributed by atoms with Gasteiger partial charge in [-0.05, 0) is 29.3 Å². The number of hydrogen-bond donors (Lipinski definition) is 1. The molecule has 7 nitrogen and oxygen atoms in total. The number of carbonyl (C=O) groups is 1. The predicted molar refractivity (Wildman–Crippen MR) is 114 cm³/mol. The van der Waals surface area contributed by atoms with E-state index in [1.54, 1.807) is 9.58 Å². The second-order valence-electron chi connectivity index (χ2n) is 7.18. The molecule has 5 rings (SSSR count). The molecule has 0 spiro atoms. The van der Waals surface area contributed by atoms with Crippen LogP contribution in [0.2, 0.25) is 5.02 Å². The summed E-state index contributed by atoms with van der Waals surface area (Å²) in [7, 11) is 0. The van der Waals surface area contributed by atoms with Crippen molar-refractivity contribution in [3.05, 3.63) is 82.6 Å². The Labute approximate surface area is 178 Å². The van der Waals surface area contributed by atoms with Crippen molar-refractivity contribution < 1.29 is 9.53 Å². The Morgan fingerprint density at radius 3 is 2.53 bits per heavy atom. The van der Waals surface area contributed by atoms with Crippen molar-refractivity contribution in [2.45, 2.75) is 6.04 Å². The van der Waals surface area contributed by atoms with Gasteiger partial charge < -0.3 is 15.0 Å². The summed E-state index contributed by atoms with van der Waals surface area (Å²) in [6, 6.07) is 17.4. The second-order valence-corrected chi connectivity index (χ2v) is 7.61. The molecule has 152 valence electrons. The van der Waals surface area contributed by atoms with E-state index in [-0.39, 0.29) is 17.8 Å². The molecule has 30 heavy (non-hydrogen) atoms. The van der Waals surface area contributed by atoms with Crippen LogP contribution in [-0.2, 0) is 4.74 Å². The number of benzene rings is 2. The highest BCUT2D eigenvalue weighted by Gasteiger charge is 2.29. The van der Waals surface area contributed by atoms with Crippen molar-refractivity contribution >= 4 is 29.2 Å². The Kier molecular flexibility index (Phi) is 4.98. The zero-order valence-electron chi connectivity index (χ0n) is 16.2. The lowest BCUT2D eigenvalue weighted by Crippen LogP contribution is -2.41. The zero-order chi connectivity index (χ0) is 20.5. The Morgan fingerprint density at radius 1 is 1.07 bits per heavy atom. The first-order chi connectivity index (χ1) is 14.7.